The largest absolute Gasteiger partial charge is 0.476 e. The summed E-state index contributed by atoms with van der Waals surface area (Å²) < 4.78 is 1.79. The number of aliphatic hydroxyl groups excluding tert-OH is 1. The summed E-state index contributed by atoms with van der Waals surface area (Å²) in [6.45, 7) is -0.473. The number of carboxylic acid groups (broad SMARTS) is 1. The van der Waals surface area contributed by atoms with E-state index in [4.69, 9.17) is 9.94 Å². The average molecular weight is 523 g/mol. The second kappa shape index (κ2) is 10.8. The van der Waals surface area contributed by atoms with Gasteiger partial charge in [-0.1, -0.05) is 43.0 Å². The lowest BCUT2D eigenvalue weighted by molar-refractivity contribution is -0.129. The van der Waals surface area contributed by atoms with Crippen molar-refractivity contribution in [1.29, 1.82) is 0 Å². The number of benzene rings is 1. The molecule has 204 valence electrons. The third-order valence-corrected chi connectivity index (χ3v) is 9.46. The molecule has 2 N–H and O–H groups in total. The van der Waals surface area contributed by atoms with Crippen LogP contribution in [0.1, 0.15) is 82.4 Å². The Kier molecular flexibility index (Phi) is 7.22. The first-order valence-electron chi connectivity index (χ1n) is 14.4. The van der Waals surface area contributed by atoms with E-state index in [1.165, 1.54) is 44.9 Å². The first-order valence-corrected chi connectivity index (χ1v) is 14.4. The van der Waals surface area contributed by atoms with Gasteiger partial charge in [-0.3, -0.25) is 9.69 Å². The number of oxime groups is 1. The Morgan fingerprint density at radius 1 is 0.947 bits per heavy atom. The molecule has 2 aliphatic heterocycles. The number of hydrogen-bond donors (Lipinski definition) is 2. The number of para-hydroxylation sites is 2. The highest BCUT2D eigenvalue weighted by atomic mass is 16.6. The van der Waals surface area contributed by atoms with Crippen LogP contribution in [0.15, 0.2) is 34.2 Å². The van der Waals surface area contributed by atoms with Gasteiger partial charge >= 0.3 is 5.97 Å². The molecule has 4 fully saturated rings. The summed E-state index contributed by atoms with van der Waals surface area (Å²) in [6.07, 6.45) is 13.5. The van der Waals surface area contributed by atoms with Crippen LogP contribution in [0.4, 0.5) is 0 Å². The molecule has 1 aromatic carbocycles. The van der Waals surface area contributed by atoms with Crippen LogP contribution in [0.3, 0.4) is 0 Å². The Bertz CT molecular complexity index is 1250. The summed E-state index contributed by atoms with van der Waals surface area (Å²) in [5.74, 6) is 0.369. The molecule has 3 heterocycles. The number of aliphatic carboxylic acids is 1. The molecule has 4 aliphatic rings. The number of aromatic nitrogens is 2. The van der Waals surface area contributed by atoms with Crippen molar-refractivity contribution in [2.45, 2.75) is 94.8 Å². The number of piperidine rings is 2. The minimum Gasteiger partial charge on any atom is -0.476 e. The van der Waals surface area contributed by atoms with Gasteiger partial charge in [0, 0.05) is 24.2 Å². The van der Waals surface area contributed by atoms with E-state index in [9.17, 15) is 14.7 Å². The average Bonchev–Trinajstić information content (AvgIpc) is 2.90. The standard InChI is InChI=1S/C29H38N4O5/c34-11-12-38-31-27(29(36)37)26-28(35)33(25-10-2-1-9-24(25)30-26)23-16-20-7-4-8-21(17-23)32(20)22-14-18-5-3-6-19(13-18)15-22/h1-2,9-10,18-23,34H,3-8,11-17H2,(H,36,37)/b31-27-/t18-,19+,20-,21+,22+,23+. The maximum absolute atomic E-state index is 13.9. The van der Waals surface area contributed by atoms with Gasteiger partial charge < -0.3 is 19.6 Å². The van der Waals surface area contributed by atoms with E-state index in [1.807, 2.05) is 18.2 Å². The topological polar surface area (TPSA) is 117 Å². The Morgan fingerprint density at radius 2 is 1.63 bits per heavy atom. The second-order valence-electron chi connectivity index (χ2n) is 11.8. The number of hydrogen-bond acceptors (Lipinski definition) is 7. The molecule has 0 unspecified atom stereocenters. The summed E-state index contributed by atoms with van der Waals surface area (Å²) in [5.41, 5.74) is 0.0919. The summed E-state index contributed by atoms with van der Waals surface area (Å²) in [6, 6.07) is 8.96. The van der Waals surface area contributed by atoms with Crippen molar-refractivity contribution in [2.24, 2.45) is 17.0 Å². The molecular weight excluding hydrogens is 484 g/mol. The number of aliphatic hydroxyl groups is 1. The van der Waals surface area contributed by atoms with Crippen LogP contribution in [0.2, 0.25) is 0 Å². The lowest BCUT2D eigenvalue weighted by Crippen LogP contribution is -2.58. The van der Waals surface area contributed by atoms with Crippen molar-refractivity contribution >= 4 is 22.7 Å². The van der Waals surface area contributed by atoms with E-state index in [2.05, 4.69) is 15.0 Å². The Hall–Kier alpha value is -2.78. The molecule has 1 aromatic heterocycles. The van der Waals surface area contributed by atoms with Gasteiger partial charge in [-0.25, -0.2) is 9.78 Å². The van der Waals surface area contributed by atoms with Crippen molar-refractivity contribution in [3.8, 4) is 0 Å². The van der Waals surface area contributed by atoms with E-state index < -0.39 is 17.2 Å². The van der Waals surface area contributed by atoms with E-state index in [0.717, 1.165) is 43.0 Å². The maximum atomic E-state index is 13.9. The van der Waals surface area contributed by atoms with Crippen molar-refractivity contribution in [3.05, 3.63) is 40.3 Å². The van der Waals surface area contributed by atoms with Crippen molar-refractivity contribution in [3.63, 3.8) is 0 Å². The molecule has 2 aromatic rings. The van der Waals surface area contributed by atoms with Gasteiger partial charge in [0.1, 0.15) is 6.61 Å². The van der Waals surface area contributed by atoms with E-state index in [-0.39, 0.29) is 24.9 Å². The predicted molar refractivity (Wildman–Crippen MR) is 143 cm³/mol. The van der Waals surface area contributed by atoms with Gasteiger partial charge in [0.2, 0.25) is 5.71 Å². The first kappa shape index (κ1) is 25.5. The maximum Gasteiger partial charge on any atom is 0.360 e. The van der Waals surface area contributed by atoms with E-state index in [0.29, 0.717) is 23.6 Å². The Morgan fingerprint density at radius 3 is 2.32 bits per heavy atom. The van der Waals surface area contributed by atoms with E-state index >= 15 is 0 Å². The number of nitrogens with zero attached hydrogens (tertiary/aromatic N) is 4. The number of fused-ring (bicyclic) bond motifs is 5. The van der Waals surface area contributed by atoms with Crippen LogP contribution in [0.25, 0.3) is 11.0 Å². The number of carbonyl (C=O) groups is 1. The van der Waals surface area contributed by atoms with Crippen LogP contribution in [0, 0.1) is 11.8 Å². The molecule has 2 saturated heterocycles. The molecule has 0 amide bonds. The van der Waals surface area contributed by atoms with Gasteiger partial charge in [0.15, 0.2) is 5.69 Å². The fourth-order valence-electron chi connectivity index (χ4n) is 8.14. The van der Waals surface area contributed by atoms with Crippen LogP contribution in [-0.4, -0.2) is 67.7 Å². The zero-order chi connectivity index (χ0) is 26.2. The van der Waals surface area contributed by atoms with Crippen molar-refractivity contribution in [1.82, 2.24) is 14.5 Å². The lowest BCUT2D eigenvalue weighted by atomic mass is 9.68. The molecule has 0 spiro atoms. The van der Waals surface area contributed by atoms with E-state index in [1.54, 1.807) is 10.6 Å². The monoisotopic (exact) mass is 522 g/mol. The third-order valence-electron chi connectivity index (χ3n) is 9.46. The molecule has 2 aliphatic carbocycles. The summed E-state index contributed by atoms with van der Waals surface area (Å²) in [5, 5.41) is 22.5. The van der Waals surface area contributed by atoms with Crippen LogP contribution < -0.4 is 5.56 Å². The summed E-state index contributed by atoms with van der Waals surface area (Å²) in [7, 11) is 0. The van der Waals surface area contributed by atoms with Gasteiger partial charge in [0.25, 0.3) is 5.56 Å². The molecule has 4 bridgehead atoms. The Labute approximate surface area is 222 Å². The summed E-state index contributed by atoms with van der Waals surface area (Å²) >= 11 is 0. The fourth-order valence-corrected chi connectivity index (χ4v) is 8.14. The smallest absolute Gasteiger partial charge is 0.360 e. The fraction of sp³-hybridized carbons (Fsp3) is 0.655. The van der Waals surface area contributed by atoms with Gasteiger partial charge in [-0.2, -0.15) is 0 Å². The first-order chi connectivity index (χ1) is 18.5. The minimum absolute atomic E-state index is 0.0304. The van der Waals surface area contributed by atoms with Crippen LogP contribution in [-0.2, 0) is 9.63 Å². The molecule has 0 radical (unpaired) electrons. The van der Waals surface area contributed by atoms with Gasteiger partial charge in [-0.15, -0.1) is 0 Å². The highest BCUT2D eigenvalue weighted by Gasteiger charge is 2.45. The molecule has 38 heavy (non-hydrogen) atoms. The quantitative estimate of drug-likeness (QED) is 0.323. The molecule has 6 rings (SSSR count). The number of rotatable bonds is 7. The summed E-state index contributed by atoms with van der Waals surface area (Å²) in [4.78, 5) is 38.2. The molecular formula is C29H38N4O5. The van der Waals surface area contributed by atoms with Crippen LogP contribution in [0.5, 0.6) is 0 Å². The molecule has 9 nitrogen and oxygen atoms in total. The second-order valence-corrected chi connectivity index (χ2v) is 11.8. The van der Waals surface area contributed by atoms with Gasteiger partial charge in [0.05, 0.1) is 17.6 Å². The molecule has 9 heteroatoms. The van der Waals surface area contributed by atoms with Crippen molar-refractivity contribution in [2.75, 3.05) is 13.2 Å². The predicted octanol–water partition coefficient (Wildman–Crippen LogP) is 3.72. The SMILES string of the molecule is O=C(O)/C(=N\OCCO)c1nc2ccccc2n([C@H]2C[C@H]3CCC[C@@H](C2)N3[C@H]2C[C@@H]3CCC[C@@H](C3)C2)c1=O. The highest BCUT2D eigenvalue weighted by molar-refractivity contribution is 6.41. The molecule has 2 saturated carbocycles. The third kappa shape index (κ3) is 4.75. The van der Waals surface area contributed by atoms with Gasteiger partial charge in [-0.05, 0) is 68.9 Å². The zero-order valence-corrected chi connectivity index (χ0v) is 21.9. The normalized spacial score (nSPS) is 31.8. The lowest BCUT2D eigenvalue weighted by Gasteiger charge is -2.55. The van der Waals surface area contributed by atoms with Crippen LogP contribution >= 0.6 is 0 Å². The molecule has 6 atom stereocenters. The minimum atomic E-state index is -1.39. The zero-order valence-electron chi connectivity index (χ0n) is 21.9. The van der Waals surface area contributed by atoms with Crippen molar-refractivity contribution < 1.29 is 19.8 Å². The Balaban J connectivity index is 1.36. The number of carboxylic acids is 1. The highest BCUT2D eigenvalue weighted by Crippen LogP contribution is 2.47.